The average molecular weight is 636 g/mol. The largest absolute Gasteiger partial charge is 0.453 e. The van der Waals surface area contributed by atoms with E-state index in [2.05, 4.69) is 24.8 Å². The number of halogens is 1. The Morgan fingerprint density at radius 1 is 1.16 bits per heavy atom. The van der Waals surface area contributed by atoms with Gasteiger partial charge in [0.25, 0.3) is 5.71 Å². The smallest absolute Gasteiger partial charge is 0.410 e. The van der Waals surface area contributed by atoms with E-state index in [9.17, 15) is 9.18 Å². The third kappa shape index (κ3) is 6.91. The molecule has 1 aromatic carbocycles. The van der Waals surface area contributed by atoms with Gasteiger partial charge in [0, 0.05) is 58.8 Å². The maximum Gasteiger partial charge on any atom is 0.410 e. The van der Waals surface area contributed by atoms with Crippen molar-refractivity contribution in [2.45, 2.75) is 61.8 Å². The molecule has 5 aromatic rings. The van der Waals surface area contributed by atoms with Crippen molar-refractivity contribution in [3.05, 3.63) is 66.1 Å². The van der Waals surface area contributed by atoms with Crippen molar-refractivity contribution in [2.24, 2.45) is 0 Å². The van der Waals surface area contributed by atoms with Gasteiger partial charge in [-0.1, -0.05) is 16.9 Å². The van der Waals surface area contributed by atoms with Crippen LogP contribution in [0.2, 0.25) is 0 Å². The number of pyridine rings is 2. The Bertz CT molecular complexity index is 1780. The molecule has 1 amide bonds. The zero-order valence-electron chi connectivity index (χ0n) is 24.5. The normalized spacial score (nSPS) is 14.2. The first-order valence-electron chi connectivity index (χ1n) is 14.0. The molecule has 0 aliphatic carbocycles. The van der Waals surface area contributed by atoms with Gasteiger partial charge in [0.2, 0.25) is 5.13 Å². The van der Waals surface area contributed by atoms with Crippen molar-refractivity contribution >= 4 is 51.4 Å². The van der Waals surface area contributed by atoms with Crippen LogP contribution in [0, 0.1) is 12.7 Å². The predicted molar refractivity (Wildman–Crippen MR) is 164 cm³/mol. The highest BCUT2D eigenvalue weighted by atomic mass is 32.2. The highest BCUT2D eigenvalue weighted by molar-refractivity contribution is 7.99. The van der Waals surface area contributed by atoms with Crippen LogP contribution in [0.3, 0.4) is 0 Å². The lowest BCUT2D eigenvalue weighted by molar-refractivity contribution is 0.0203. The fraction of sp³-hybridized carbons (Fsp3) is 0.333. The molecule has 0 atom stereocenters. The number of carbonyl (C=O) groups is 1. The van der Waals surface area contributed by atoms with E-state index in [4.69, 9.17) is 19.0 Å². The number of carbonyl (C=O) groups excluding carboxylic acids is 1. The Morgan fingerprint density at radius 2 is 1.93 bits per heavy atom. The lowest BCUT2D eigenvalue weighted by atomic mass is 9.96. The molecule has 0 saturated carbocycles. The molecule has 4 aromatic heterocycles. The summed E-state index contributed by atoms with van der Waals surface area (Å²) in [5.74, 6) is 1.80. The molecule has 44 heavy (non-hydrogen) atoms. The molecule has 0 spiro atoms. The first kappa shape index (κ1) is 29.8. The molecule has 5 heterocycles. The second kappa shape index (κ2) is 12.4. The lowest BCUT2D eigenvalue weighted by Crippen LogP contribution is -2.41. The number of aryl methyl sites for hydroxylation is 1. The Kier molecular flexibility index (Phi) is 8.36. The molecule has 1 N–H and O–H groups in total. The molecular formula is C30H30FN7O4S2. The number of rotatable bonds is 7. The molecule has 1 aliphatic rings. The molecule has 0 radical (unpaired) electrons. The predicted octanol–water partition coefficient (Wildman–Crippen LogP) is 7.72. The topological polar surface area (TPSA) is 128 Å². The lowest BCUT2D eigenvalue weighted by Gasteiger charge is -2.32. The molecule has 11 nitrogen and oxygen atoms in total. The van der Waals surface area contributed by atoms with E-state index in [-0.39, 0.29) is 17.8 Å². The minimum absolute atomic E-state index is 0.125. The van der Waals surface area contributed by atoms with Crippen LogP contribution in [0.15, 0.2) is 63.1 Å². The van der Waals surface area contributed by atoms with Crippen molar-refractivity contribution < 1.29 is 23.2 Å². The quantitative estimate of drug-likeness (QED) is 0.189. The van der Waals surface area contributed by atoms with Gasteiger partial charge in [0.05, 0.1) is 11.1 Å². The number of anilines is 2. The molecule has 14 heteroatoms. The van der Waals surface area contributed by atoms with Crippen molar-refractivity contribution in [3.8, 4) is 11.5 Å². The number of amides is 1. The number of piperidine rings is 1. The fourth-order valence-electron chi connectivity index (χ4n) is 4.68. The van der Waals surface area contributed by atoms with E-state index < -0.39 is 5.60 Å². The summed E-state index contributed by atoms with van der Waals surface area (Å²) in [6.45, 7) is 8.61. The SMILES string of the molecule is Cc1noc2nccc(Sc3cnc(Nc4nc(C5CCN(C(=O)OC(C)(C)C)CC5)ns4)c(Oc4ccc(F)cc4)c3)c12. The summed E-state index contributed by atoms with van der Waals surface area (Å²) in [5, 5.41) is 8.67. The summed E-state index contributed by atoms with van der Waals surface area (Å²) in [7, 11) is 0. The molecule has 0 bridgehead atoms. The molecule has 1 aliphatic heterocycles. The van der Waals surface area contributed by atoms with Gasteiger partial charge < -0.3 is 24.2 Å². The zero-order chi connectivity index (χ0) is 30.8. The van der Waals surface area contributed by atoms with Gasteiger partial charge in [-0.2, -0.15) is 4.37 Å². The van der Waals surface area contributed by atoms with Gasteiger partial charge in [0.15, 0.2) is 11.6 Å². The maximum absolute atomic E-state index is 13.6. The second-order valence-corrected chi connectivity index (χ2v) is 13.1. The Morgan fingerprint density at radius 3 is 2.68 bits per heavy atom. The number of fused-ring (bicyclic) bond motifs is 1. The first-order valence-corrected chi connectivity index (χ1v) is 15.6. The Balaban J connectivity index is 1.20. The van der Waals surface area contributed by atoms with E-state index in [1.807, 2.05) is 39.8 Å². The Labute approximate surface area is 261 Å². The van der Waals surface area contributed by atoms with E-state index in [1.54, 1.807) is 29.4 Å². The number of benzene rings is 1. The zero-order valence-corrected chi connectivity index (χ0v) is 26.2. The number of nitrogens with zero attached hydrogens (tertiary/aromatic N) is 6. The van der Waals surface area contributed by atoms with Crippen LogP contribution in [0.25, 0.3) is 11.1 Å². The van der Waals surface area contributed by atoms with Crippen LogP contribution in [-0.2, 0) is 4.74 Å². The monoisotopic (exact) mass is 635 g/mol. The van der Waals surface area contributed by atoms with E-state index in [0.717, 1.165) is 39.5 Å². The van der Waals surface area contributed by atoms with Gasteiger partial charge in [0.1, 0.15) is 23.0 Å². The summed E-state index contributed by atoms with van der Waals surface area (Å²) in [4.78, 5) is 29.5. The molecular weight excluding hydrogens is 606 g/mol. The molecule has 1 saturated heterocycles. The number of likely N-dealkylation sites (tertiary alicyclic amines) is 1. The number of aromatic nitrogens is 5. The third-order valence-corrected chi connectivity index (χ3v) is 8.45. The highest BCUT2D eigenvalue weighted by Gasteiger charge is 2.29. The third-order valence-electron chi connectivity index (χ3n) is 6.78. The second-order valence-electron chi connectivity index (χ2n) is 11.3. The van der Waals surface area contributed by atoms with Crippen LogP contribution in [0.5, 0.6) is 11.5 Å². The van der Waals surface area contributed by atoms with Crippen LogP contribution >= 0.6 is 23.3 Å². The molecule has 228 valence electrons. The Hall–Kier alpha value is -4.30. The molecule has 0 unspecified atom stereocenters. The van der Waals surface area contributed by atoms with E-state index in [1.165, 1.54) is 35.4 Å². The van der Waals surface area contributed by atoms with Gasteiger partial charge in [-0.05, 0) is 70.9 Å². The van der Waals surface area contributed by atoms with Gasteiger partial charge in [-0.25, -0.2) is 24.1 Å². The minimum Gasteiger partial charge on any atom is -0.453 e. The standard InChI is InChI=1S/C30H30FN7O4S2/c1-17-24-23(9-12-32-27(24)42-36-17)43-21-15-22(40-20-7-5-19(31)6-8-20)26(33-16-21)35-28-34-25(37-44-28)18-10-13-38(14-11-18)29(39)41-30(2,3)4/h5-9,12,15-16,18H,10-11,13-14H2,1-4H3,(H,33,34,35,37). The van der Waals surface area contributed by atoms with Crippen LogP contribution < -0.4 is 10.1 Å². The summed E-state index contributed by atoms with van der Waals surface area (Å²) in [6, 6.07) is 9.53. The summed E-state index contributed by atoms with van der Waals surface area (Å²) in [5.41, 5.74) is 0.674. The maximum atomic E-state index is 13.6. The molecule has 6 rings (SSSR count). The van der Waals surface area contributed by atoms with Crippen LogP contribution in [-0.4, -0.2) is 54.2 Å². The number of nitrogens with one attached hydrogen (secondary N) is 1. The highest BCUT2D eigenvalue weighted by Crippen LogP contribution is 2.39. The van der Waals surface area contributed by atoms with E-state index >= 15 is 0 Å². The average Bonchev–Trinajstić information content (AvgIpc) is 3.62. The summed E-state index contributed by atoms with van der Waals surface area (Å²) in [6.07, 6.45) is 4.59. The number of ether oxygens (including phenoxy) is 2. The number of hydrogen-bond donors (Lipinski definition) is 1. The van der Waals surface area contributed by atoms with Gasteiger partial charge in [-0.15, -0.1) is 0 Å². The van der Waals surface area contributed by atoms with Crippen molar-refractivity contribution in [1.29, 1.82) is 0 Å². The minimum atomic E-state index is -0.531. The van der Waals surface area contributed by atoms with Gasteiger partial charge >= 0.3 is 6.09 Å². The summed E-state index contributed by atoms with van der Waals surface area (Å²) < 4.78 is 35.2. The van der Waals surface area contributed by atoms with Crippen molar-refractivity contribution in [1.82, 2.24) is 29.4 Å². The van der Waals surface area contributed by atoms with Crippen molar-refractivity contribution in [3.63, 3.8) is 0 Å². The van der Waals surface area contributed by atoms with Crippen molar-refractivity contribution in [2.75, 3.05) is 18.4 Å². The molecule has 1 fully saturated rings. The van der Waals surface area contributed by atoms with Crippen LogP contribution in [0.4, 0.5) is 20.1 Å². The van der Waals surface area contributed by atoms with Crippen LogP contribution in [0.1, 0.15) is 51.0 Å². The van der Waals surface area contributed by atoms with Gasteiger partial charge in [-0.3, -0.25) is 0 Å². The fourth-order valence-corrected chi connectivity index (χ4v) is 6.32. The first-order chi connectivity index (χ1) is 21.1. The van der Waals surface area contributed by atoms with E-state index in [0.29, 0.717) is 41.3 Å². The number of hydrogen-bond acceptors (Lipinski definition) is 12. The summed E-state index contributed by atoms with van der Waals surface area (Å²) >= 11 is 2.70.